The van der Waals surface area contributed by atoms with Crippen LogP contribution >= 0.6 is 0 Å². The summed E-state index contributed by atoms with van der Waals surface area (Å²) in [6, 6.07) is 11.5. The van der Waals surface area contributed by atoms with E-state index in [9.17, 15) is 0 Å². The molecule has 4 heterocycles. The second kappa shape index (κ2) is 7.71. The maximum atomic E-state index is 5.84. The lowest BCUT2D eigenvalue weighted by Gasteiger charge is -2.07. The van der Waals surface area contributed by atoms with Crippen LogP contribution in [-0.4, -0.2) is 36.2 Å². The van der Waals surface area contributed by atoms with Gasteiger partial charge in [0.05, 0.1) is 19.0 Å². The summed E-state index contributed by atoms with van der Waals surface area (Å²) in [5.41, 5.74) is 5.09. The Balaban J connectivity index is 1.48. The van der Waals surface area contributed by atoms with Crippen molar-refractivity contribution in [1.82, 2.24) is 29.1 Å². The van der Waals surface area contributed by atoms with E-state index in [2.05, 4.69) is 39.5 Å². The van der Waals surface area contributed by atoms with Crippen LogP contribution < -0.4 is 9.47 Å². The minimum atomic E-state index is 0.268. The molecule has 0 aliphatic heterocycles. The highest BCUT2D eigenvalue weighted by molar-refractivity contribution is 5.93. The molecule has 0 saturated heterocycles. The molecule has 0 fully saturated rings. The number of nitrogens with zero attached hydrogens (tertiary/aromatic N) is 6. The first kappa shape index (κ1) is 19.0. The lowest BCUT2D eigenvalue weighted by molar-refractivity contribution is 0.295. The zero-order valence-electron chi connectivity index (χ0n) is 17.6. The van der Waals surface area contributed by atoms with Gasteiger partial charge < -0.3 is 14.0 Å². The van der Waals surface area contributed by atoms with Gasteiger partial charge in [0.1, 0.15) is 30.1 Å². The summed E-state index contributed by atoms with van der Waals surface area (Å²) in [6.45, 7) is 5.17. The zero-order valence-corrected chi connectivity index (χ0v) is 17.6. The van der Waals surface area contributed by atoms with Crippen LogP contribution in [0.5, 0.6) is 11.5 Å². The van der Waals surface area contributed by atoms with Crippen molar-refractivity contribution in [1.29, 1.82) is 0 Å². The van der Waals surface area contributed by atoms with Crippen LogP contribution in [0.4, 0.5) is 0 Å². The molecular weight excluding hydrogens is 392 g/mol. The van der Waals surface area contributed by atoms with Crippen LogP contribution in [0.15, 0.2) is 55.1 Å². The SMILES string of the molecule is COc1ccc(OCc2nc3c4c(C)c(C)n(Cc5cccnc5)c4ncn3n2)cc1. The molecule has 1 aromatic carbocycles. The van der Waals surface area contributed by atoms with Crippen molar-refractivity contribution in [2.45, 2.75) is 27.0 Å². The number of aromatic nitrogens is 6. The molecule has 31 heavy (non-hydrogen) atoms. The maximum absolute atomic E-state index is 5.84. The number of methoxy groups -OCH3 is 1. The third-order valence-electron chi connectivity index (χ3n) is 5.48. The van der Waals surface area contributed by atoms with E-state index in [-0.39, 0.29) is 6.61 Å². The first-order valence-electron chi connectivity index (χ1n) is 9.99. The fourth-order valence-electron chi connectivity index (χ4n) is 3.72. The largest absolute Gasteiger partial charge is 0.497 e. The standard InChI is InChI=1S/C23H22N6O2/c1-15-16(2)28(12-17-5-4-10-24-11-17)22-21(15)23-26-20(27-29(23)14-25-22)13-31-19-8-6-18(30-3)7-9-19/h4-11,14H,12-13H2,1-3H3. The molecule has 0 aliphatic carbocycles. The summed E-state index contributed by atoms with van der Waals surface area (Å²) in [5.74, 6) is 2.12. The summed E-state index contributed by atoms with van der Waals surface area (Å²) >= 11 is 0. The van der Waals surface area contributed by atoms with E-state index < -0.39 is 0 Å². The molecule has 0 saturated carbocycles. The maximum Gasteiger partial charge on any atom is 0.189 e. The first-order valence-corrected chi connectivity index (χ1v) is 9.99. The monoisotopic (exact) mass is 414 g/mol. The van der Waals surface area contributed by atoms with E-state index in [1.807, 2.05) is 36.5 Å². The molecule has 8 heteroatoms. The minimum Gasteiger partial charge on any atom is -0.497 e. The molecule has 156 valence electrons. The van der Waals surface area contributed by atoms with E-state index in [1.54, 1.807) is 24.1 Å². The van der Waals surface area contributed by atoms with E-state index in [1.165, 1.54) is 0 Å². The van der Waals surface area contributed by atoms with Gasteiger partial charge in [-0.05, 0) is 55.3 Å². The molecule has 0 amide bonds. The van der Waals surface area contributed by atoms with Gasteiger partial charge in [0.25, 0.3) is 0 Å². The van der Waals surface area contributed by atoms with Crippen molar-refractivity contribution in [2.75, 3.05) is 7.11 Å². The van der Waals surface area contributed by atoms with Gasteiger partial charge in [0, 0.05) is 18.1 Å². The number of rotatable bonds is 6. The van der Waals surface area contributed by atoms with E-state index >= 15 is 0 Å². The van der Waals surface area contributed by atoms with Gasteiger partial charge >= 0.3 is 0 Å². The molecular formula is C23H22N6O2. The third-order valence-corrected chi connectivity index (χ3v) is 5.48. The average Bonchev–Trinajstić information content (AvgIpc) is 3.33. The Morgan fingerprint density at radius 3 is 2.55 bits per heavy atom. The van der Waals surface area contributed by atoms with Crippen LogP contribution in [0.2, 0.25) is 0 Å². The van der Waals surface area contributed by atoms with Gasteiger partial charge in [-0.3, -0.25) is 4.98 Å². The second-order valence-electron chi connectivity index (χ2n) is 7.36. The fourth-order valence-corrected chi connectivity index (χ4v) is 3.72. The lowest BCUT2D eigenvalue weighted by Crippen LogP contribution is -2.03. The van der Waals surface area contributed by atoms with Gasteiger partial charge in [-0.1, -0.05) is 6.07 Å². The molecule has 0 atom stereocenters. The van der Waals surface area contributed by atoms with E-state index in [4.69, 9.17) is 14.5 Å². The molecule has 8 nitrogen and oxygen atoms in total. The molecule has 0 aliphatic rings. The second-order valence-corrected chi connectivity index (χ2v) is 7.36. The van der Waals surface area contributed by atoms with Crippen molar-refractivity contribution in [2.24, 2.45) is 0 Å². The van der Waals surface area contributed by atoms with Crippen LogP contribution in [0.3, 0.4) is 0 Å². The van der Waals surface area contributed by atoms with Crippen molar-refractivity contribution >= 4 is 16.7 Å². The van der Waals surface area contributed by atoms with E-state index in [0.29, 0.717) is 12.4 Å². The number of hydrogen-bond acceptors (Lipinski definition) is 6. The predicted octanol–water partition coefficient (Wildman–Crippen LogP) is 3.73. The van der Waals surface area contributed by atoms with Crippen LogP contribution in [0, 0.1) is 13.8 Å². The smallest absolute Gasteiger partial charge is 0.189 e. The normalized spacial score (nSPS) is 11.3. The quantitative estimate of drug-likeness (QED) is 0.421. The van der Waals surface area contributed by atoms with Gasteiger partial charge in [-0.25, -0.2) is 14.5 Å². The average molecular weight is 414 g/mol. The number of benzene rings is 1. The van der Waals surface area contributed by atoms with Gasteiger partial charge in [-0.2, -0.15) is 0 Å². The lowest BCUT2D eigenvalue weighted by atomic mass is 10.2. The Bertz CT molecular complexity index is 1360. The van der Waals surface area contributed by atoms with Crippen molar-refractivity contribution in [3.8, 4) is 11.5 Å². The number of pyridine rings is 1. The van der Waals surface area contributed by atoms with Crippen molar-refractivity contribution in [3.63, 3.8) is 0 Å². The van der Waals surface area contributed by atoms with Crippen molar-refractivity contribution < 1.29 is 9.47 Å². The number of fused-ring (bicyclic) bond motifs is 3. The van der Waals surface area contributed by atoms with Gasteiger partial charge in [-0.15, -0.1) is 5.10 Å². The fraction of sp³-hybridized carbons (Fsp3) is 0.217. The Morgan fingerprint density at radius 1 is 1.00 bits per heavy atom. The topological polar surface area (TPSA) is 79.4 Å². The molecule has 0 radical (unpaired) electrons. The predicted molar refractivity (Wildman–Crippen MR) is 116 cm³/mol. The number of hydrogen-bond donors (Lipinski definition) is 0. The highest BCUT2D eigenvalue weighted by Gasteiger charge is 2.18. The Labute approximate surface area is 179 Å². The molecule has 0 unspecified atom stereocenters. The summed E-state index contributed by atoms with van der Waals surface area (Å²) in [4.78, 5) is 13.7. The highest BCUT2D eigenvalue weighted by Crippen LogP contribution is 2.27. The van der Waals surface area contributed by atoms with Gasteiger partial charge in [0.2, 0.25) is 0 Å². The van der Waals surface area contributed by atoms with Gasteiger partial charge in [0.15, 0.2) is 11.5 Å². The summed E-state index contributed by atoms with van der Waals surface area (Å²) in [6.07, 6.45) is 5.37. The Hall–Kier alpha value is -3.94. The summed E-state index contributed by atoms with van der Waals surface area (Å²) < 4.78 is 14.9. The summed E-state index contributed by atoms with van der Waals surface area (Å²) in [7, 11) is 1.64. The molecule has 4 aromatic heterocycles. The number of aryl methyl sites for hydroxylation is 1. The first-order chi connectivity index (χ1) is 15.1. The zero-order chi connectivity index (χ0) is 21.4. The third kappa shape index (κ3) is 3.46. The van der Waals surface area contributed by atoms with Crippen LogP contribution in [0.1, 0.15) is 22.6 Å². The highest BCUT2D eigenvalue weighted by atomic mass is 16.5. The van der Waals surface area contributed by atoms with Crippen molar-refractivity contribution in [3.05, 3.63) is 77.8 Å². The molecule has 0 bridgehead atoms. The molecule has 5 rings (SSSR count). The number of ether oxygens (including phenoxy) is 2. The van der Waals surface area contributed by atoms with Crippen LogP contribution in [0.25, 0.3) is 16.7 Å². The molecule has 0 N–H and O–H groups in total. The minimum absolute atomic E-state index is 0.268. The van der Waals surface area contributed by atoms with Crippen LogP contribution in [-0.2, 0) is 13.2 Å². The summed E-state index contributed by atoms with van der Waals surface area (Å²) in [5, 5.41) is 5.56. The molecule has 0 spiro atoms. The molecule has 5 aromatic rings. The van der Waals surface area contributed by atoms with E-state index in [0.717, 1.165) is 45.0 Å². The Morgan fingerprint density at radius 2 is 1.81 bits per heavy atom. The Kier molecular flexibility index (Phi) is 4.74.